The molecule has 0 saturated carbocycles. The monoisotopic (exact) mass is 217 g/mol. The van der Waals surface area contributed by atoms with Gasteiger partial charge in [-0.1, -0.05) is 12.6 Å². The van der Waals surface area contributed by atoms with Crippen LogP contribution in [0.1, 0.15) is 11.5 Å². The van der Waals surface area contributed by atoms with Crippen molar-refractivity contribution in [3.05, 3.63) is 41.8 Å². The van der Waals surface area contributed by atoms with Gasteiger partial charge in [0.2, 0.25) is 0 Å². The Morgan fingerprint density at radius 1 is 1.56 bits per heavy atom. The third kappa shape index (κ3) is 1.95. The minimum atomic E-state index is -0.976. The number of aliphatic carboxylic acids is 1. The van der Waals surface area contributed by atoms with E-state index in [2.05, 4.69) is 11.6 Å². The molecule has 0 saturated heterocycles. The lowest BCUT2D eigenvalue weighted by Gasteiger charge is -2.00. The lowest BCUT2D eigenvalue weighted by molar-refractivity contribution is -0.132. The smallest absolute Gasteiger partial charge is 0.331 e. The van der Waals surface area contributed by atoms with Crippen LogP contribution in [-0.2, 0) is 11.2 Å². The maximum atomic E-state index is 10.6. The fraction of sp³-hybridized carbons (Fsp3) is 0.167. The zero-order valence-corrected chi connectivity index (χ0v) is 8.86. The number of carbonyl (C=O) groups is 1. The molecule has 0 aliphatic carbocycles. The molecule has 0 aliphatic heterocycles. The van der Waals surface area contributed by atoms with Crippen LogP contribution in [0.4, 0.5) is 0 Å². The largest absolute Gasteiger partial charge is 0.478 e. The van der Waals surface area contributed by atoms with Gasteiger partial charge in [0.05, 0.1) is 0 Å². The van der Waals surface area contributed by atoms with Crippen molar-refractivity contribution < 1.29 is 14.3 Å². The quantitative estimate of drug-likeness (QED) is 0.801. The molecule has 82 valence electrons. The van der Waals surface area contributed by atoms with E-state index in [1.165, 1.54) is 0 Å². The van der Waals surface area contributed by atoms with Crippen LogP contribution in [0.25, 0.3) is 11.1 Å². The highest BCUT2D eigenvalue weighted by molar-refractivity contribution is 5.86. The summed E-state index contributed by atoms with van der Waals surface area (Å²) in [5.41, 5.74) is 2.49. The summed E-state index contributed by atoms with van der Waals surface area (Å²) in [6, 6.07) is 5.43. The van der Waals surface area contributed by atoms with Gasteiger partial charge in [-0.05, 0) is 17.7 Å². The summed E-state index contributed by atoms with van der Waals surface area (Å²) in [4.78, 5) is 14.8. The van der Waals surface area contributed by atoms with Crippen molar-refractivity contribution in [2.45, 2.75) is 13.3 Å². The number of carboxylic acids is 1. The van der Waals surface area contributed by atoms with Gasteiger partial charge in [0.25, 0.3) is 0 Å². The van der Waals surface area contributed by atoms with Crippen molar-refractivity contribution in [1.29, 1.82) is 0 Å². The van der Waals surface area contributed by atoms with Gasteiger partial charge >= 0.3 is 5.97 Å². The van der Waals surface area contributed by atoms with Gasteiger partial charge < -0.3 is 9.52 Å². The van der Waals surface area contributed by atoms with Crippen molar-refractivity contribution in [2.75, 3.05) is 0 Å². The highest BCUT2D eigenvalue weighted by Crippen LogP contribution is 2.18. The molecule has 1 heterocycles. The standard InChI is InChI=1S/C12H11NO3/c1-7(12(14)15)5-9-3-4-11-10(6-9)13-8(2)16-11/h3-4,6H,1,5H2,2H3,(H,14,15). The summed E-state index contributed by atoms with van der Waals surface area (Å²) < 4.78 is 5.33. The molecule has 0 amide bonds. The van der Waals surface area contributed by atoms with Gasteiger partial charge in [-0.2, -0.15) is 0 Å². The maximum absolute atomic E-state index is 10.6. The number of aromatic nitrogens is 1. The van der Waals surface area contributed by atoms with E-state index in [-0.39, 0.29) is 5.57 Å². The minimum absolute atomic E-state index is 0.166. The fourth-order valence-electron chi connectivity index (χ4n) is 1.52. The van der Waals surface area contributed by atoms with E-state index in [1.807, 2.05) is 12.1 Å². The van der Waals surface area contributed by atoms with E-state index in [0.29, 0.717) is 17.9 Å². The lowest BCUT2D eigenvalue weighted by Crippen LogP contribution is -2.01. The Hall–Kier alpha value is -2.10. The Labute approximate surface area is 92.2 Å². The van der Waals surface area contributed by atoms with Crippen LogP contribution < -0.4 is 0 Å². The zero-order chi connectivity index (χ0) is 11.7. The Bertz CT molecular complexity index is 569. The van der Waals surface area contributed by atoms with Gasteiger partial charge in [-0.15, -0.1) is 0 Å². The van der Waals surface area contributed by atoms with Gasteiger partial charge in [0.1, 0.15) is 5.52 Å². The van der Waals surface area contributed by atoms with E-state index >= 15 is 0 Å². The third-order valence-electron chi connectivity index (χ3n) is 2.28. The molecular formula is C12H11NO3. The molecule has 1 aromatic carbocycles. The number of aryl methyl sites for hydroxylation is 1. The molecule has 0 aliphatic rings. The second-order valence-corrected chi connectivity index (χ2v) is 3.62. The summed E-state index contributed by atoms with van der Waals surface area (Å²) in [6.45, 7) is 5.27. The molecule has 16 heavy (non-hydrogen) atoms. The molecule has 0 radical (unpaired) electrons. The molecule has 2 rings (SSSR count). The van der Waals surface area contributed by atoms with E-state index in [0.717, 1.165) is 11.1 Å². The van der Waals surface area contributed by atoms with E-state index in [9.17, 15) is 4.79 Å². The van der Waals surface area contributed by atoms with Crippen LogP contribution in [-0.4, -0.2) is 16.1 Å². The molecule has 0 spiro atoms. The Morgan fingerprint density at radius 3 is 3.00 bits per heavy atom. The third-order valence-corrected chi connectivity index (χ3v) is 2.28. The first-order chi connectivity index (χ1) is 7.56. The summed E-state index contributed by atoms with van der Waals surface area (Å²) >= 11 is 0. The summed E-state index contributed by atoms with van der Waals surface area (Å²) in [7, 11) is 0. The number of benzene rings is 1. The molecule has 1 N–H and O–H groups in total. The first-order valence-electron chi connectivity index (χ1n) is 4.83. The van der Waals surface area contributed by atoms with Gasteiger partial charge in [-0.3, -0.25) is 0 Å². The first-order valence-corrected chi connectivity index (χ1v) is 4.83. The van der Waals surface area contributed by atoms with Gasteiger partial charge in [0.15, 0.2) is 11.5 Å². The number of carboxylic acid groups (broad SMARTS) is 1. The molecular weight excluding hydrogens is 206 g/mol. The van der Waals surface area contributed by atoms with Gasteiger partial charge in [-0.25, -0.2) is 9.78 Å². The van der Waals surface area contributed by atoms with E-state index < -0.39 is 5.97 Å². The van der Waals surface area contributed by atoms with Crippen LogP contribution in [0, 0.1) is 6.92 Å². The maximum Gasteiger partial charge on any atom is 0.331 e. The number of oxazole rings is 1. The van der Waals surface area contributed by atoms with Crippen LogP contribution >= 0.6 is 0 Å². The van der Waals surface area contributed by atoms with Crippen LogP contribution in [0.2, 0.25) is 0 Å². The Morgan fingerprint density at radius 2 is 2.31 bits per heavy atom. The molecule has 0 unspecified atom stereocenters. The highest BCUT2D eigenvalue weighted by Gasteiger charge is 2.07. The predicted octanol–water partition coefficient (Wildman–Crippen LogP) is 2.32. The summed E-state index contributed by atoms with van der Waals surface area (Å²) in [5, 5.41) is 8.73. The number of fused-ring (bicyclic) bond motifs is 1. The summed E-state index contributed by atoms with van der Waals surface area (Å²) in [6.07, 6.45) is 0.317. The molecule has 1 aromatic heterocycles. The van der Waals surface area contributed by atoms with Gasteiger partial charge in [0, 0.05) is 18.9 Å². The van der Waals surface area contributed by atoms with Crippen molar-refractivity contribution in [1.82, 2.24) is 4.98 Å². The lowest BCUT2D eigenvalue weighted by atomic mass is 10.1. The molecule has 4 nitrogen and oxygen atoms in total. The molecule has 0 bridgehead atoms. The number of rotatable bonds is 3. The second kappa shape index (κ2) is 3.81. The minimum Gasteiger partial charge on any atom is -0.478 e. The summed E-state index contributed by atoms with van der Waals surface area (Å²) in [5.74, 6) is -0.374. The normalized spacial score (nSPS) is 10.6. The first kappa shape index (κ1) is 10.4. The number of nitrogens with zero attached hydrogens (tertiary/aromatic N) is 1. The molecule has 0 atom stereocenters. The molecule has 2 aromatic rings. The fourth-order valence-corrected chi connectivity index (χ4v) is 1.52. The van der Waals surface area contributed by atoms with Crippen LogP contribution in [0.5, 0.6) is 0 Å². The number of hydrogen-bond donors (Lipinski definition) is 1. The molecule has 0 fully saturated rings. The zero-order valence-electron chi connectivity index (χ0n) is 8.86. The van der Waals surface area contributed by atoms with Crippen molar-refractivity contribution in [2.24, 2.45) is 0 Å². The SMILES string of the molecule is C=C(Cc1ccc2oc(C)nc2c1)C(=O)O. The highest BCUT2D eigenvalue weighted by atomic mass is 16.4. The van der Waals surface area contributed by atoms with Crippen molar-refractivity contribution in [3.63, 3.8) is 0 Å². The van der Waals surface area contributed by atoms with E-state index in [4.69, 9.17) is 9.52 Å². The Balaban J connectivity index is 2.32. The van der Waals surface area contributed by atoms with Crippen molar-refractivity contribution in [3.8, 4) is 0 Å². The average molecular weight is 217 g/mol. The topological polar surface area (TPSA) is 63.3 Å². The van der Waals surface area contributed by atoms with Crippen molar-refractivity contribution >= 4 is 17.1 Å². The van der Waals surface area contributed by atoms with Crippen LogP contribution in [0.3, 0.4) is 0 Å². The molecule has 4 heteroatoms. The second-order valence-electron chi connectivity index (χ2n) is 3.62. The average Bonchev–Trinajstić information content (AvgIpc) is 2.57. The Kier molecular flexibility index (Phi) is 2.48. The predicted molar refractivity (Wildman–Crippen MR) is 59.2 cm³/mol. The van der Waals surface area contributed by atoms with Crippen LogP contribution in [0.15, 0.2) is 34.8 Å². The van der Waals surface area contributed by atoms with E-state index in [1.54, 1.807) is 13.0 Å². The number of hydrogen-bond acceptors (Lipinski definition) is 3.